The molecule has 0 fully saturated rings. The number of rotatable bonds is 3. The Hall–Kier alpha value is -0.630. The first kappa shape index (κ1) is 8.47. The van der Waals surface area contributed by atoms with Crippen LogP contribution in [0.25, 0.3) is 0 Å². The number of hydrogen-bond acceptors (Lipinski definition) is 2. The Balaban J connectivity index is 2.54. The van der Waals surface area contributed by atoms with Crippen LogP contribution in [-0.4, -0.2) is 25.8 Å². The maximum atomic E-state index is 4.37. The summed E-state index contributed by atoms with van der Waals surface area (Å²) in [6, 6.07) is 0. The standard InChI is InChI=1S/C9H16N2/c1-7-6-11-8(2)9(7)4-5-10-3/h10H,4-6H2,1-3H3. The second kappa shape index (κ2) is 3.67. The molecule has 0 unspecified atom stereocenters. The predicted octanol–water partition coefficient (Wildman–Crippen LogP) is 1.39. The molecular formula is C9H16N2. The molecule has 11 heavy (non-hydrogen) atoms. The zero-order valence-corrected chi connectivity index (χ0v) is 7.57. The Bertz CT molecular complexity index is 202. The van der Waals surface area contributed by atoms with Crippen LogP contribution in [0.5, 0.6) is 0 Å². The van der Waals surface area contributed by atoms with Gasteiger partial charge < -0.3 is 5.32 Å². The van der Waals surface area contributed by atoms with Crippen molar-refractivity contribution < 1.29 is 0 Å². The van der Waals surface area contributed by atoms with Crippen LogP contribution in [0.3, 0.4) is 0 Å². The van der Waals surface area contributed by atoms with Crippen LogP contribution in [0, 0.1) is 0 Å². The maximum Gasteiger partial charge on any atom is 0.0606 e. The molecule has 0 atom stereocenters. The summed E-state index contributed by atoms with van der Waals surface area (Å²) in [7, 11) is 1.98. The third-order valence-corrected chi connectivity index (χ3v) is 2.13. The van der Waals surface area contributed by atoms with E-state index in [4.69, 9.17) is 0 Å². The molecule has 0 bridgehead atoms. The van der Waals surface area contributed by atoms with Crippen LogP contribution in [0.1, 0.15) is 20.3 Å². The monoisotopic (exact) mass is 152 g/mol. The molecule has 0 aromatic rings. The molecule has 0 aromatic carbocycles. The first-order valence-electron chi connectivity index (χ1n) is 4.10. The lowest BCUT2D eigenvalue weighted by Gasteiger charge is -2.03. The number of nitrogens with zero attached hydrogens (tertiary/aromatic N) is 1. The van der Waals surface area contributed by atoms with E-state index >= 15 is 0 Å². The molecular weight excluding hydrogens is 136 g/mol. The fraction of sp³-hybridized carbons (Fsp3) is 0.667. The van der Waals surface area contributed by atoms with Crippen LogP contribution >= 0.6 is 0 Å². The second-order valence-corrected chi connectivity index (χ2v) is 3.01. The maximum absolute atomic E-state index is 4.37. The number of aliphatic imine (C=N–C) groups is 1. The highest BCUT2D eigenvalue weighted by Gasteiger charge is 2.10. The highest BCUT2D eigenvalue weighted by Crippen LogP contribution is 2.16. The molecule has 1 heterocycles. The zero-order valence-electron chi connectivity index (χ0n) is 7.57. The van der Waals surface area contributed by atoms with Gasteiger partial charge in [-0.1, -0.05) is 0 Å². The quantitative estimate of drug-likeness (QED) is 0.649. The van der Waals surface area contributed by atoms with Crippen molar-refractivity contribution in [2.24, 2.45) is 4.99 Å². The third-order valence-electron chi connectivity index (χ3n) is 2.13. The lowest BCUT2D eigenvalue weighted by molar-refractivity contribution is 0.795. The van der Waals surface area contributed by atoms with E-state index in [-0.39, 0.29) is 0 Å². The minimum Gasteiger partial charge on any atom is -0.319 e. The first-order chi connectivity index (χ1) is 5.25. The topological polar surface area (TPSA) is 24.4 Å². The number of nitrogens with one attached hydrogen (secondary N) is 1. The van der Waals surface area contributed by atoms with Gasteiger partial charge in [0.05, 0.1) is 6.54 Å². The smallest absolute Gasteiger partial charge is 0.0606 e. The van der Waals surface area contributed by atoms with E-state index in [9.17, 15) is 0 Å². The van der Waals surface area contributed by atoms with Gasteiger partial charge in [-0.05, 0) is 45.0 Å². The molecule has 0 spiro atoms. The Morgan fingerprint density at radius 3 is 2.64 bits per heavy atom. The average molecular weight is 152 g/mol. The molecule has 0 saturated heterocycles. The molecule has 1 aliphatic rings. The van der Waals surface area contributed by atoms with Crippen molar-refractivity contribution in [1.82, 2.24) is 5.32 Å². The van der Waals surface area contributed by atoms with E-state index in [0.717, 1.165) is 19.5 Å². The van der Waals surface area contributed by atoms with Gasteiger partial charge in [0, 0.05) is 5.71 Å². The van der Waals surface area contributed by atoms with Crippen molar-refractivity contribution in [3.63, 3.8) is 0 Å². The van der Waals surface area contributed by atoms with Crippen molar-refractivity contribution in [2.45, 2.75) is 20.3 Å². The fourth-order valence-electron chi connectivity index (χ4n) is 1.38. The average Bonchev–Trinajstić information content (AvgIpc) is 2.29. The summed E-state index contributed by atoms with van der Waals surface area (Å²) < 4.78 is 0. The summed E-state index contributed by atoms with van der Waals surface area (Å²) in [5.41, 5.74) is 4.13. The summed E-state index contributed by atoms with van der Waals surface area (Å²) in [6.45, 7) is 6.25. The molecule has 1 N–H and O–H groups in total. The lowest BCUT2D eigenvalue weighted by atomic mass is 10.1. The molecule has 0 aromatic heterocycles. The Morgan fingerprint density at radius 2 is 2.18 bits per heavy atom. The van der Waals surface area contributed by atoms with E-state index in [1.54, 1.807) is 0 Å². The van der Waals surface area contributed by atoms with Gasteiger partial charge in [-0.15, -0.1) is 0 Å². The van der Waals surface area contributed by atoms with Crippen molar-refractivity contribution in [2.75, 3.05) is 20.1 Å². The second-order valence-electron chi connectivity index (χ2n) is 3.01. The van der Waals surface area contributed by atoms with Gasteiger partial charge >= 0.3 is 0 Å². The minimum absolute atomic E-state index is 0.922. The van der Waals surface area contributed by atoms with Gasteiger partial charge in [0.2, 0.25) is 0 Å². The van der Waals surface area contributed by atoms with Crippen LogP contribution < -0.4 is 5.32 Å². The van der Waals surface area contributed by atoms with E-state index in [2.05, 4.69) is 24.2 Å². The third kappa shape index (κ3) is 1.90. The Morgan fingerprint density at radius 1 is 1.45 bits per heavy atom. The van der Waals surface area contributed by atoms with E-state index < -0.39 is 0 Å². The van der Waals surface area contributed by atoms with Gasteiger partial charge in [0.1, 0.15) is 0 Å². The molecule has 2 nitrogen and oxygen atoms in total. The Kier molecular flexibility index (Phi) is 2.83. The van der Waals surface area contributed by atoms with E-state index in [1.165, 1.54) is 16.9 Å². The molecule has 62 valence electrons. The highest BCUT2D eigenvalue weighted by molar-refractivity contribution is 6.00. The van der Waals surface area contributed by atoms with Gasteiger partial charge in [-0.3, -0.25) is 4.99 Å². The molecule has 0 amide bonds. The van der Waals surface area contributed by atoms with Crippen molar-refractivity contribution in [3.05, 3.63) is 11.1 Å². The van der Waals surface area contributed by atoms with Gasteiger partial charge in [0.15, 0.2) is 0 Å². The van der Waals surface area contributed by atoms with Gasteiger partial charge in [-0.25, -0.2) is 0 Å². The van der Waals surface area contributed by atoms with Gasteiger partial charge in [0.25, 0.3) is 0 Å². The lowest BCUT2D eigenvalue weighted by Crippen LogP contribution is -2.10. The summed E-state index contributed by atoms with van der Waals surface area (Å²) in [6.07, 6.45) is 1.12. The van der Waals surface area contributed by atoms with Crippen molar-refractivity contribution >= 4 is 5.71 Å². The first-order valence-corrected chi connectivity index (χ1v) is 4.10. The van der Waals surface area contributed by atoms with Gasteiger partial charge in [-0.2, -0.15) is 0 Å². The van der Waals surface area contributed by atoms with Crippen LogP contribution in [-0.2, 0) is 0 Å². The van der Waals surface area contributed by atoms with Crippen LogP contribution in [0.2, 0.25) is 0 Å². The molecule has 0 radical (unpaired) electrons. The molecule has 0 saturated carbocycles. The Labute approximate surface area is 68.4 Å². The summed E-state index contributed by atoms with van der Waals surface area (Å²) in [4.78, 5) is 4.37. The fourth-order valence-corrected chi connectivity index (χ4v) is 1.38. The molecule has 0 aliphatic carbocycles. The molecule has 1 aliphatic heterocycles. The summed E-state index contributed by atoms with van der Waals surface area (Å²) >= 11 is 0. The SMILES string of the molecule is CNCCC1=C(C)CN=C1C. The molecule has 1 rings (SSSR count). The predicted molar refractivity (Wildman–Crippen MR) is 49.2 cm³/mol. The van der Waals surface area contributed by atoms with E-state index in [1.807, 2.05) is 7.05 Å². The summed E-state index contributed by atoms with van der Waals surface area (Å²) in [5, 5.41) is 3.15. The minimum atomic E-state index is 0.922. The largest absolute Gasteiger partial charge is 0.319 e. The van der Waals surface area contributed by atoms with Crippen LogP contribution in [0.4, 0.5) is 0 Å². The van der Waals surface area contributed by atoms with E-state index in [0.29, 0.717) is 0 Å². The van der Waals surface area contributed by atoms with Crippen molar-refractivity contribution in [1.29, 1.82) is 0 Å². The molecule has 2 heteroatoms. The van der Waals surface area contributed by atoms with Crippen molar-refractivity contribution in [3.8, 4) is 0 Å². The van der Waals surface area contributed by atoms with Crippen LogP contribution in [0.15, 0.2) is 16.1 Å². The number of hydrogen-bond donors (Lipinski definition) is 1. The highest BCUT2D eigenvalue weighted by atomic mass is 14.8. The normalized spacial score (nSPS) is 17.5. The zero-order chi connectivity index (χ0) is 8.27. The summed E-state index contributed by atoms with van der Waals surface area (Å²) in [5.74, 6) is 0.